The average Bonchev–Trinajstić information content (AvgIpc) is 2.75. The Morgan fingerprint density at radius 2 is 2.28 bits per heavy atom. The summed E-state index contributed by atoms with van der Waals surface area (Å²) < 4.78 is 9.90. The number of aryl methyl sites for hydroxylation is 1. The summed E-state index contributed by atoms with van der Waals surface area (Å²) in [5.41, 5.74) is 5.44. The van der Waals surface area contributed by atoms with Gasteiger partial charge in [-0.1, -0.05) is 0 Å². The maximum atomic E-state index is 11.6. The summed E-state index contributed by atoms with van der Waals surface area (Å²) >= 11 is 0. The Kier molecular flexibility index (Phi) is 4.85. The summed E-state index contributed by atoms with van der Waals surface area (Å²) in [4.78, 5) is 26.9. The van der Waals surface area contributed by atoms with Crippen molar-refractivity contribution in [2.75, 3.05) is 6.61 Å². The van der Waals surface area contributed by atoms with Gasteiger partial charge in [0.15, 0.2) is 6.04 Å². The number of nitrogens with one attached hydrogen (secondary N) is 1. The Hall–Kier alpha value is -1.89. The predicted octanol–water partition coefficient (Wildman–Crippen LogP) is 0.0506. The number of hydrogen-bond donors (Lipinski definition) is 2. The van der Waals surface area contributed by atoms with Crippen molar-refractivity contribution < 1.29 is 18.7 Å². The number of carbonyl (C=O) groups is 2. The smallest absolute Gasteiger partial charge is 0.332 e. The normalized spacial score (nSPS) is 13.8. The molecule has 0 spiro atoms. The first-order valence-electron chi connectivity index (χ1n) is 5.60. The molecule has 1 aromatic heterocycles. The van der Waals surface area contributed by atoms with Crippen LogP contribution < -0.4 is 11.1 Å². The van der Waals surface area contributed by atoms with E-state index >= 15 is 0 Å². The molecule has 0 saturated heterocycles. The number of nitrogens with zero attached hydrogens (tertiary/aromatic N) is 1. The minimum atomic E-state index is -1.34. The van der Waals surface area contributed by atoms with E-state index in [0.29, 0.717) is 11.7 Å². The molecule has 0 aliphatic rings. The van der Waals surface area contributed by atoms with Crippen LogP contribution in [-0.2, 0) is 14.3 Å². The number of aromatic nitrogens is 1. The molecule has 1 aromatic rings. The molecule has 0 fully saturated rings. The lowest BCUT2D eigenvalue weighted by atomic mass is 10.2. The number of oxazole rings is 1. The molecule has 2 unspecified atom stereocenters. The van der Waals surface area contributed by atoms with Crippen molar-refractivity contribution in [3.8, 4) is 0 Å². The van der Waals surface area contributed by atoms with Gasteiger partial charge < -0.3 is 20.2 Å². The molecular formula is C11H17N3O4. The van der Waals surface area contributed by atoms with Crippen LogP contribution in [0.25, 0.3) is 0 Å². The molecule has 1 amide bonds. The third-order valence-corrected chi connectivity index (χ3v) is 2.19. The second kappa shape index (κ2) is 6.15. The van der Waals surface area contributed by atoms with E-state index in [1.807, 2.05) is 0 Å². The maximum Gasteiger partial charge on any atom is 0.332 e. The van der Waals surface area contributed by atoms with Crippen molar-refractivity contribution in [3.63, 3.8) is 0 Å². The zero-order chi connectivity index (χ0) is 13.7. The van der Waals surface area contributed by atoms with Crippen LogP contribution in [0.3, 0.4) is 0 Å². The standard InChI is InChI=1S/C11H17N3O4/c1-4-17-11(16)8(12)9(15)14-7(3)10-13-5-6(2)18-10/h5,7-8H,4,12H2,1-3H3,(H,14,15). The van der Waals surface area contributed by atoms with E-state index in [-0.39, 0.29) is 6.61 Å². The molecule has 7 heteroatoms. The monoisotopic (exact) mass is 255 g/mol. The van der Waals surface area contributed by atoms with Crippen molar-refractivity contribution in [2.45, 2.75) is 32.9 Å². The lowest BCUT2D eigenvalue weighted by Gasteiger charge is -2.14. The number of esters is 1. The first-order valence-corrected chi connectivity index (χ1v) is 5.60. The molecule has 0 aliphatic heterocycles. The third-order valence-electron chi connectivity index (χ3n) is 2.19. The summed E-state index contributed by atoms with van der Waals surface area (Å²) in [6.07, 6.45) is 1.54. The highest BCUT2D eigenvalue weighted by atomic mass is 16.5. The largest absolute Gasteiger partial charge is 0.464 e. The fourth-order valence-electron chi connectivity index (χ4n) is 1.28. The molecule has 7 nitrogen and oxygen atoms in total. The lowest BCUT2D eigenvalue weighted by molar-refractivity contribution is -0.148. The van der Waals surface area contributed by atoms with Gasteiger partial charge in [-0.25, -0.2) is 9.78 Å². The summed E-state index contributed by atoms with van der Waals surface area (Å²) in [7, 11) is 0. The van der Waals surface area contributed by atoms with Gasteiger partial charge in [-0.3, -0.25) is 4.79 Å². The fraction of sp³-hybridized carbons (Fsp3) is 0.545. The van der Waals surface area contributed by atoms with Gasteiger partial charge in [-0.05, 0) is 20.8 Å². The van der Waals surface area contributed by atoms with Crippen LogP contribution in [0, 0.1) is 6.92 Å². The Balaban J connectivity index is 2.56. The number of hydrogen-bond acceptors (Lipinski definition) is 6. The highest BCUT2D eigenvalue weighted by Gasteiger charge is 2.25. The van der Waals surface area contributed by atoms with E-state index in [9.17, 15) is 9.59 Å². The van der Waals surface area contributed by atoms with E-state index in [0.717, 1.165) is 0 Å². The van der Waals surface area contributed by atoms with Crippen LogP contribution in [-0.4, -0.2) is 29.5 Å². The topological polar surface area (TPSA) is 107 Å². The van der Waals surface area contributed by atoms with E-state index < -0.39 is 24.0 Å². The molecule has 2 atom stereocenters. The second-order valence-electron chi connectivity index (χ2n) is 3.77. The summed E-state index contributed by atoms with van der Waals surface area (Å²) in [5, 5.41) is 2.53. The van der Waals surface area contributed by atoms with Gasteiger partial charge in [0.25, 0.3) is 0 Å². The quantitative estimate of drug-likeness (QED) is 0.568. The average molecular weight is 255 g/mol. The molecule has 1 rings (SSSR count). The van der Waals surface area contributed by atoms with Crippen molar-refractivity contribution in [2.24, 2.45) is 5.73 Å². The summed E-state index contributed by atoms with van der Waals surface area (Å²) in [6.45, 7) is 5.24. The Bertz CT molecular complexity index is 430. The molecule has 100 valence electrons. The minimum Gasteiger partial charge on any atom is -0.464 e. The predicted molar refractivity (Wildman–Crippen MR) is 62.4 cm³/mol. The van der Waals surface area contributed by atoms with E-state index in [2.05, 4.69) is 15.0 Å². The maximum absolute atomic E-state index is 11.6. The van der Waals surface area contributed by atoms with Gasteiger partial charge in [0, 0.05) is 0 Å². The summed E-state index contributed by atoms with van der Waals surface area (Å²) in [5.74, 6) is -0.389. The SMILES string of the molecule is CCOC(=O)C(N)C(=O)NC(C)c1ncc(C)o1. The van der Waals surface area contributed by atoms with Gasteiger partial charge in [-0.2, -0.15) is 0 Å². The molecular weight excluding hydrogens is 238 g/mol. The van der Waals surface area contributed by atoms with Crippen molar-refractivity contribution in [1.82, 2.24) is 10.3 Å². The highest BCUT2D eigenvalue weighted by molar-refractivity contribution is 6.01. The third kappa shape index (κ3) is 3.56. The lowest BCUT2D eigenvalue weighted by Crippen LogP contribution is -2.47. The number of amides is 1. The highest BCUT2D eigenvalue weighted by Crippen LogP contribution is 2.11. The van der Waals surface area contributed by atoms with E-state index in [4.69, 9.17) is 10.2 Å². The van der Waals surface area contributed by atoms with Crippen LogP contribution in [0.5, 0.6) is 0 Å². The summed E-state index contributed by atoms with van der Waals surface area (Å²) in [6, 6.07) is -1.81. The van der Waals surface area contributed by atoms with Crippen molar-refractivity contribution in [1.29, 1.82) is 0 Å². The van der Waals surface area contributed by atoms with Crippen LogP contribution in [0.4, 0.5) is 0 Å². The zero-order valence-electron chi connectivity index (χ0n) is 10.6. The number of nitrogens with two attached hydrogens (primary N) is 1. The molecule has 0 radical (unpaired) electrons. The molecule has 3 N–H and O–H groups in total. The molecule has 0 saturated carbocycles. The zero-order valence-corrected chi connectivity index (χ0v) is 10.6. The van der Waals surface area contributed by atoms with Crippen LogP contribution in [0.2, 0.25) is 0 Å². The van der Waals surface area contributed by atoms with Gasteiger partial charge in [0.05, 0.1) is 12.8 Å². The second-order valence-corrected chi connectivity index (χ2v) is 3.77. The van der Waals surface area contributed by atoms with Crippen LogP contribution >= 0.6 is 0 Å². The number of ether oxygens (including phenoxy) is 1. The van der Waals surface area contributed by atoms with Gasteiger partial charge in [0.1, 0.15) is 11.8 Å². The Morgan fingerprint density at radius 1 is 1.61 bits per heavy atom. The Labute approximate surface area is 105 Å². The van der Waals surface area contributed by atoms with Crippen molar-refractivity contribution >= 4 is 11.9 Å². The molecule has 1 heterocycles. The van der Waals surface area contributed by atoms with E-state index in [1.54, 1.807) is 27.0 Å². The van der Waals surface area contributed by atoms with Gasteiger partial charge in [-0.15, -0.1) is 0 Å². The van der Waals surface area contributed by atoms with Gasteiger partial charge in [0.2, 0.25) is 11.8 Å². The fourth-order valence-corrected chi connectivity index (χ4v) is 1.28. The first-order chi connectivity index (χ1) is 8.45. The molecule has 0 bridgehead atoms. The van der Waals surface area contributed by atoms with Gasteiger partial charge >= 0.3 is 5.97 Å². The van der Waals surface area contributed by atoms with Crippen LogP contribution in [0.1, 0.15) is 31.5 Å². The first kappa shape index (κ1) is 14.2. The molecule has 18 heavy (non-hydrogen) atoms. The molecule has 0 aliphatic carbocycles. The molecule has 0 aromatic carbocycles. The Morgan fingerprint density at radius 3 is 2.78 bits per heavy atom. The number of rotatable bonds is 5. The van der Waals surface area contributed by atoms with Crippen molar-refractivity contribution in [3.05, 3.63) is 17.8 Å². The minimum absolute atomic E-state index is 0.175. The van der Waals surface area contributed by atoms with E-state index in [1.165, 1.54) is 0 Å². The van der Waals surface area contributed by atoms with Crippen LogP contribution in [0.15, 0.2) is 10.6 Å². The number of carbonyl (C=O) groups excluding carboxylic acids is 2.